The Kier molecular flexibility index (Phi) is 4.65. The fourth-order valence-electron chi connectivity index (χ4n) is 3.65. The van der Waals surface area contributed by atoms with E-state index < -0.39 is 0 Å². The van der Waals surface area contributed by atoms with Gasteiger partial charge in [0.25, 0.3) is 0 Å². The number of carbonyl (C=O) groups excluding carboxylic acids is 1. The second-order valence-corrected chi connectivity index (χ2v) is 7.37. The van der Waals surface area contributed by atoms with Gasteiger partial charge in [-0.1, -0.05) is 13.3 Å². The maximum Gasteiger partial charge on any atom is 0.223 e. The van der Waals surface area contributed by atoms with Gasteiger partial charge < -0.3 is 10.2 Å². The van der Waals surface area contributed by atoms with Crippen molar-refractivity contribution in [1.29, 1.82) is 0 Å². The number of nitrogens with zero attached hydrogens (tertiary/aromatic N) is 1. The van der Waals surface area contributed by atoms with Gasteiger partial charge in [0.05, 0.1) is 0 Å². The zero-order valence-corrected chi connectivity index (χ0v) is 13.8. The lowest BCUT2D eigenvalue weighted by Crippen LogP contribution is -2.39. The summed E-state index contributed by atoms with van der Waals surface area (Å²) in [7, 11) is 0. The molecule has 116 valence electrons. The monoisotopic (exact) mass is 306 g/mol. The van der Waals surface area contributed by atoms with Gasteiger partial charge in [0.2, 0.25) is 5.91 Å². The molecule has 1 aliphatic carbocycles. The van der Waals surface area contributed by atoms with Crippen molar-refractivity contribution in [3.05, 3.63) is 22.4 Å². The van der Waals surface area contributed by atoms with Crippen LogP contribution in [0.5, 0.6) is 0 Å². The SMILES string of the molecule is CCCCC(=O)N(Cc1ccsc1)C1CC12CCNCC2. The molecule has 2 heterocycles. The molecule has 21 heavy (non-hydrogen) atoms. The zero-order valence-electron chi connectivity index (χ0n) is 12.9. The summed E-state index contributed by atoms with van der Waals surface area (Å²) in [5, 5.41) is 7.73. The van der Waals surface area contributed by atoms with Crippen LogP contribution in [0.4, 0.5) is 0 Å². The summed E-state index contributed by atoms with van der Waals surface area (Å²) < 4.78 is 0. The van der Waals surface area contributed by atoms with Gasteiger partial charge in [-0.3, -0.25) is 4.79 Å². The molecule has 3 nitrogen and oxygen atoms in total. The van der Waals surface area contributed by atoms with Gasteiger partial charge in [0, 0.05) is 19.0 Å². The van der Waals surface area contributed by atoms with Crippen molar-refractivity contribution >= 4 is 17.2 Å². The summed E-state index contributed by atoms with van der Waals surface area (Å²) in [5.41, 5.74) is 1.73. The minimum atomic E-state index is 0.364. The van der Waals surface area contributed by atoms with E-state index in [0.29, 0.717) is 23.8 Å². The van der Waals surface area contributed by atoms with Crippen LogP contribution in [0.3, 0.4) is 0 Å². The standard InChI is InChI=1S/C17H26N2OS/c1-2-3-4-16(20)19(12-14-5-10-21-13-14)15-11-17(15)6-8-18-9-7-17/h5,10,13,15,18H,2-4,6-9,11-12H2,1H3. The number of amides is 1. The van der Waals surface area contributed by atoms with Crippen molar-refractivity contribution in [2.75, 3.05) is 13.1 Å². The molecular weight excluding hydrogens is 280 g/mol. The minimum absolute atomic E-state index is 0.364. The molecule has 1 atom stereocenters. The fourth-order valence-corrected chi connectivity index (χ4v) is 4.31. The molecule has 1 N–H and O–H groups in total. The lowest BCUT2D eigenvalue weighted by Gasteiger charge is -2.29. The van der Waals surface area contributed by atoms with Crippen LogP contribution in [-0.4, -0.2) is 29.9 Å². The van der Waals surface area contributed by atoms with Crippen LogP contribution in [0.2, 0.25) is 0 Å². The summed E-state index contributed by atoms with van der Waals surface area (Å²) in [6, 6.07) is 2.64. The third-order valence-electron chi connectivity index (χ3n) is 5.12. The summed E-state index contributed by atoms with van der Waals surface area (Å²) in [6.45, 7) is 5.20. The Morgan fingerprint density at radius 1 is 1.48 bits per heavy atom. The molecule has 0 aromatic carbocycles. The summed E-state index contributed by atoms with van der Waals surface area (Å²) in [5.74, 6) is 0.364. The number of nitrogens with one attached hydrogen (secondary N) is 1. The Morgan fingerprint density at radius 2 is 2.29 bits per heavy atom. The summed E-state index contributed by atoms with van der Waals surface area (Å²) >= 11 is 1.72. The van der Waals surface area contributed by atoms with Gasteiger partial charge in [-0.05, 0) is 66.6 Å². The van der Waals surface area contributed by atoms with Crippen molar-refractivity contribution in [3.8, 4) is 0 Å². The van der Waals surface area contributed by atoms with Crippen molar-refractivity contribution in [2.24, 2.45) is 5.41 Å². The highest BCUT2D eigenvalue weighted by atomic mass is 32.1. The lowest BCUT2D eigenvalue weighted by molar-refractivity contribution is -0.133. The molecule has 1 saturated carbocycles. The number of hydrogen-bond donors (Lipinski definition) is 1. The summed E-state index contributed by atoms with van der Waals surface area (Å²) in [6.07, 6.45) is 6.51. The van der Waals surface area contributed by atoms with E-state index in [1.807, 2.05) is 0 Å². The van der Waals surface area contributed by atoms with Gasteiger partial charge in [0.1, 0.15) is 0 Å². The maximum absolute atomic E-state index is 12.6. The third kappa shape index (κ3) is 3.32. The first-order valence-corrected chi connectivity index (χ1v) is 9.21. The predicted octanol–water partition coefficient (Wildman–Crippen LogP) is 3.41. The quantitative estimate of drug-likeness (QED) is 0.873. The van der Waals surface area contributed by atoms with Crippen molar-refractivity contribution in [2.45, 2.75) is 58.0 Å². The fraction of sp³-hybridized carbons (Fsp3) is 0.706. The Bertz CT molecular complexity index is 465. The van der Waals surface area contributed by atoms with Crippen LogP contribution in [0, 0.1) is 5.41 Å². The number of unbranched alkanes of at least 4 members (excludes halogenated alkanes) is 1. The Labute approximate surface area is 131 Å². The van der Waals surface area contributed by atoms with E-state index in [2.05, 4.69) is 34.0 Å². The first-order chi connectivity index (χ1) is 10.2. The molecule has 1 aromatic heterocycles. The van der Waals surface area contributed by atoms with E-state index in [1.165, 1.54) is 24.8 Å². The van der Waals surface area contributed by atoms with Crippen molar-refractivity contribution < 1.29 is 4.79 Å². The topological polar surface area (TPSA) is 32.3 Å². The maximum atomic E-state index is 12.6. The average Bonchev–Trinajstić information content (AvgIpc) is 2.95. The number of carbonyl (C=O) groups is 1. The molecular formula is C17H26N2OS. The zero-order chi connectivity index (χ0) is 14.7. The van der Waals surface area contributed by atoms with E-state index in [-0.39, 0.29) is 0 Å². The smallest absolute Gasteiger partial charge is 0.223 e. The van der Waals surface area contributed by atoms with E-state index in [0.717, 1.165) is 32.5 Å². The second kappa shape index (κ2) is 6.49. The first-order valence-electron chi connectivity index (χ1n) is 8.26. The van der Waals surface area contributed by atoms with E-state index in [1.54, 1.807) is 11.3 Å². The van der Waals surface area contributed by atoms with Crippen LogP contribution >= 0.6 is 11.3 Å². The molecule has 1 saturated heterocycles. The van der Waals surface area contributed by atoms with Crippen LogP contribution in [0.15, 0.2) is 16.8 Å². The van der Waals surface area contributed by atoms with Crippen LogP contribution in [-0.2, 0) is 11.3 Å². The van der Waals surface area contributed by atoms with Crippen LogP contribution < -0.4 is 5.32 Å². The van der Waals surface area contributed by atoms with Crippen molar-refractivity contribution in [1.82, 2.24) is 10.2 Å². The largest absolute Gasteiger partial charge is 0.335 e. The van der Waals surface area contributed by atoms with Gasteiger partial charge >= 0.3 is 0 Å². The number of piperidine rings is 1. The highest BCUT2D eigenvalue weighted by Gasteiger charge is 2.57. The normalized spacial score (nSPS) is 23.2. The number of rotatable bonds is 6. The lowest BCUT2D eigenvalue weighted by atomic mass is 9.93. The van der Waals surface area contributed by atoms with E-state index >= 15 is 0 Å². The molecule has 4 heteroatoms. The van der Waals surface area contributed by atoms with Gasteiger partial charge in [0.15, 0.2) is 0 Å². The molecule has 1 aromatic rings. The second-order valence-electron chi connectivity index (χ2n) is 6.59. The molecule has 0 bridgehead atoms. The van der Waals surface area contributed by atoms with Gasteiger partial charge in [-0.2, -0.15) is 11.3 Å². The van der Waals surface area contributed by atoms with E-state index in [4.69, 9.17) is 0 Å². The summed E-state index contributed by atoms with van der Waals surface area (Å²) in [4.78, 5) is 14.8. The van der Waals surface area contributed by atoms with Crippen LogP contribution in [0.1, 0.15) is 51.0 Å². The van der Waals surface area contributed by atoms with Crippen LogP contribution in [0.25, 0.3) is 0 Å². The highest BCUT2D eigenvalue weighted by molar-refractivity contribution is 7.07. The number of hydrogen-bond acceptors (Lipinski definition) is 3. The van der Waals surface area contributed by atoms with Gasteiger partial charge in [-0.25, -0.2) is 0 Å². The molecule has 1 aliphatic heterocycles. The third-order valence-corrected chi connectivity index (χ3v) is 5.85. The van der Waals surface area contributed by atoms with E-state index in [9.17, 15) is 4.79 Å². The molecule has 1 spiro atoms. The molecule has 0 radical (unpaired) electrons. The number of thiophene rings is 1. The first kappa shape index (κ1) is 15.0. The molecule has 2 aliphatic rings. The molecule has 1 amide bonds. The minimum Gasteiger partial charge on any atom is -0.335 e. The predicted molar refractivity (Wildman–Crippen MR) is 87.3 cm³/mol. The Morgan fingerprint density at radius 3 is 2.95 bits per heavy atom. The molecule has 1 unspecified atom stereocenters. The molecule has 3 rings (SSSR count). The molecule has 2 fully saturated rings. The Hall–Kier alpha value is -0.870. The van der Waals surface area contributed by atoms with Crippen molar-refractivity contribution in [3.63, 3.8) is 0 Å². The Balaban J connectivity index is 1.68. The highest BCUT2D eigenvalue weighted by Crippen LogP contribution is 2.56. The van der Waals surface area contributed by atoms with Gasteiger partial charge in [-0.15, -0.1) is 0 Å². The average molecular weight is 306 g/mol.